The molecule has 2 aliphatic rings. The zero-order valence-corrected chi connectivity index (χ0v) is 12.0. The van der Waals surface area contributed by atoms with Crippen molar-refractivity contribution in [1.82, 2.24) is 10.2 Å². The normalized spacial score (nSPS) is 29.5. The Labute approximate surface area is 107 Å². The van der Waals surface area contributed by atoms with Crippen LogP contribution in [-0.2, 0) is 0 Å². The third-order valence-corrected chi connectivity index (χ3v) is 5.01. The van der Waals surface area contributed by atoms with Crippen LogP contribution in [0.5, 0.6) is 0 Å². The Bertz CT molecular complexity index is 231. The largest absolute Gasteiger partial charge is 0.308 e. The summed E-state index contributed by atoms with van der Waals surface area (Å²) in [4.78, 5) is 2.73. The Morgan fingerprint density at radius 1 is 1.24 bits per heavy atom. The van der Waals surface area contributed by atoms with Gasteiger partial charge >= 0.3 is 0 Å². The van der Waals surface area contributed by atoms with Gasteiger partial charge in [-0.25, -0.2) is 0 Å². The van der Waals surface area contributed by atoms with Crippen molar-refractivity contribution in [3.05, 3.63) is 0 Å². The SMILES string of the molecule is CCC1(CC)CN(CCCC2CC2)C(C)CN1. The van der Waals surface area contributed by atoms with Crippen LogP contribution in [-0.4, -0.2) is 36.1 Å². The average Bonchev–Trinajstić information content (AvgIpc) is 3.16. The molecule has 1 saturated carbocycles. The molecular formula is C15H30N2. The summed E-state index contributed by atoms with van der Waals surface area (Å²) in [5.74, 6) is 1.09. The van der Waals surface area contributed by atoms with Crippen molar-refractivity contribution < 1.29 is 0 Å². The molecule has 1 aliphatic heterocycles. The molecule has 17 heavy (non-hydrogen) atoms. The number of hydrogen-bond acceptors (Lipinski definition) is 2. The van der Waals surface area contributed by atoms with E-state index in [1.165, 1.54) is 58.2 Å². The standard InChI is InChI=1S/C15H30N2/c1-4-15(5-2)12-17(13(3)11-16-15)10-6-7-14-8-9-14/h13-14,16H,4-12H2,1-3H3. The van der Waals surface area contributed by atoms with Crippen LogP contribution in [0.4, 0.5) is 0 Å². The molecule has 0 bridgehead atoms. The molecule has 0 spiro atoms. The highest BCUT2D eigenvalue weighted by molar-refractivity contribution is 4.95. The van der Waals surface area contributed by atoms with Crippen molar-refractivity contribution in [3.63, 3.8) is 0 Å². The smallest absolute Gasteiger partial charge is 0.0304 e. The van der Waals surface area contributed by atoms with Gasteiger partial charge in [-0.15, -0.1) is 0 Å². The van der Waals surface area contributed by atoms with Gasteiger partial charge in [0.1, 0.15) is 0 Å². The van der Waals surface area contributed by atoms with E-state index in [4.69, 9.17) is 0 Å². The molecule has 1 saturated heterocycles. The lowest BCUT2D eigenvalue weighted by atomic mass is 9.88. The number of hydrogen-bond donors (Lipinski definition) is 1. The summed E-state index contributed by atoms with van der Waals surface area (Å²) < 4.78 is 0. The lowest BCUT2D eigenvalue weighted by Gasteiger charge is -2.46. The van der Waals surface area contributed by atoms with Crippen molar-refractivity contribution in [1.29, 1.82) is 0 Å². The minimum absolute atomic E-state index is 0.395. The van der Waals surface area contributed by atoms with Crippen molar-refractivity contribution in [3.8, 4) is 0 Å². The zero-order chi connectivity index (χ0) is 12.3. The maximum Gasteiger partial charge on any atom is 0.0304 e. The van der Waals surface area contributed by atoms with Crippen LogP contribution in [0.2, 0.25) is 0 Å². The van der Waals surface area contributed by atoms with Gasteiger partial charge in [0, 0.05) is 24.7 Å². The molecule has 0 aromatic carbocycles. The highest BCUT2D eigenvalue weighted by atomic mass is 15.2. The zero-order valence-electron chi connectivity index (χ0n) is 12.0. The first-order chi connectivity index (χ1) is 8.19. The van der Waals surface area contributed by atoms with Gasteiger partial charge in [-0.05, 0) is 45.1 Å². The second-order valence-corrected chi connectivity index (χ2v) is 6.27. The fourth-order valence-electron chi connectivity index (χ4n) is 3.11. The molecule has 1 N–H and O–H groups in total. The molecule has 1 unspecified atom stereocenters. The van der Waals surface area contributed by atoms with Gasteiger partial charge in [0.2, 0.25) is 0 Å². The maximum absolute atomic E-state index is 3.78. The van der Waals surface area contributed by atoms with E-state index in [9.17, 15) is 0 Å². The third kappa shape index (κ3) is 3.45. The van der Waals surface area contributed by atoms with Crippen LogP contribution in [0.15, 0.2) is 0 Å². The van der Waals surface area contributed by atoms with Gasteiger partial charge in [0.05, 0.1) is 0 Å². The van der Waals surface area contributed by atoms with E-state index in [-0.39, 0.29) is 0 Å². The Hall–Kier alpha value is -0.0800. The Morgan fingerprint density at radius 2 is 1.94 bits per heavy atom. The van der Waals surface area contributed by atoms with E-state index in [1.807, 2.05) is 0 Å². The predicted octanol–water partition coefficient (Wildman–Crippen LogP) is 3.03. The molecule has 2 rings (SSSR count). The van der Waals surface area contributed by atoms with E-state index in [0.717, 1.165) is 12.0 Å². The average molecular weight is 238 g/mol. The minimum atomic E-state index is 0.395. The first-order valence-corrected chi connectivity index (χ1v) is 7.68. The van der Waals surface area contributed by atoms with Gasteiger partial charge in [-0.2, -0.15) is 0 Å². The molecule has 1 atom stereocenters. The summed E-state index contributed by atoms with van der Waals surface area (Å²) in [7, 11) is 0. The third-order valence-electron chi connectivity index (χ3n) is 5.01. The Balaban J connectivity index is 1.80. The van der Waals surface area contributed by atoms with Crippen LogP contribution in [0, 0.1) is 5.92 Å². The molecule has 0 aromatic heterocycles. The summed E-state index contributed by atoms with van der Waals surface area (Å²) in [6.07, 6.45) is 8.42. The van der Waals surface area contributed by atoms with Crippen LogP contribution >= 0.6 is 0 Å². The van der Waals surface area contributed by atoms with Crippen molar-refractivity contribution >= 4 is 0 Å². The van der Waals surface area contributed by atoms with Crippen LogP contribution in [0.25, 0.3) is 0 Å². The van der Waals surface area contributed by atoms with Gasteiger partial charge in [0.25, 0.3) is 0 Å². The lowest BCUT2D eigenvalue weighted by molar-refractivity contribution is 0.0790. The monoisotopic (exact) mass is 238 g/mol. The number of rotatable bonds is 6. The topological polar surface area (TPSA) is 15.3 Å². The second kappa shape index (κ2) is 5.71. The summed E-state index contributed by atoms with van der Waals surface area (Å²) in [6.45, 7) is 10.8. The quantitative estimate of drug-likeness (QED) is 0.765. The van der Waals surface area contributed by atoms with E-state index in [1.54, 1.807) is 0 Å². The fourth-order valence-corrected chi connectivity index (χ4v) is 3.11. The second-order valence-electron chi connectivity index (χ2n) is 6.27. The molecular weight excluding hydrogens is 208 g/mol. The summed E-state index contributed by atoms with van der Waals surface area (Å²) in [6, 6.07) is 0.723. The molecule has 2 heteroatoms. The first-order valence-electron chi connectivity index (χ1n) is 7.68. The van der Waals surface area contributed by atoms with Crippen LogP contribution in [0.3, 0.4) is 0 Å². The molecule has 2 nitrogen and oxygen atoms in total. The van der Waals surface area contributed by atoms with Gasteiger partial charge in [-0.3, -0.25) is 4.90 Å². The highest BCUT2D eigenvalue weighted by Gasteiger charge is 2.34. The number of nitrogens with one attached hydrogen (secondary N) is 1. The summed E-state index contributed by atoms with van der Waals surface area (Å²) >= 11 is 0. The predicted molar refractivity (Wildman–Crippen MR) is 74.3 cm³/mol. The lowest BCUT2D eigenvalue weighted by Crippen LogP contribution is -2.63. The number of piperazine rings is 1. The van der Waals surface area contributed by atoms with Crippen molar-refractivity contribution in [2.24, 2.45) is 5.92 Å². The van der Waals surface area contributed by atoms with Gasteiger partial charge in [0.15, 0.2) is 0 Å². The highest BCUT2D eigenvalue weighted by Crippen LogP contribution is 2.33. The first kappa shape index (κ1) is 13.4. The van der Waals surface area contributed by atoms with Crippen LogP contribution < -0.4 is 5.32 Å². The molecule has 1 heterocycles. The Morgan fingerprint density at radius 3 is 2.53 bits per heavy atom. The molecule has 2 fully saturated rings. The molecule has 0 aromatic rings. The van der Waals surface area contributed by atoms with Gasteiger partial charge in [-0.1, -0.05) is 26.7 Å². The molecule has 0 amide bonds. The van der Waals surface area contributed by atoms with E-state index < -0.39 is 0 Å². The molecule has 0 radical (unpaired) electrons. The number of nitrogens with zero attached hydrogens (tertiary/aromatic N) is 1. The fraction of sp³-hybridized carbons (Fsp3) is 1.00. The summed E-state index contributed by atoms with van der Waals surface area (Å²) in [5, 5.41) is 3.78. The summed E-state index contributed by atoms with van der Waals surface area (Å²) in [5.41, 5.74) is 0.395. The molecule has 1 aliphatic carbocycles. The van der Waals surface area contributed by atoms with Crippen molar-refractivity contribution in [2.75, 3.05) is 19.6 Å². The minimum Gasteiger partial charge on any atom is -0.308 e. The maximum atomic E-state index is 3.78. The van der Waals surface area contributed by atoms with Crippen molar-refractivity contribution in [2.45, 2.75) is 70.9 Å². The van der Waals surface area contributed by atoms with Crippen LogP contribution in [0.1, 0.15) is 59.3 Å². The molecule has 100 valence electrons. The van der Waals surface area contributed by atoms with Gasteiger partial charge < -0.3 is 5.32 Å². The van der Waals surface area contributed by atoms with E-state index in [2.05, 4.69) is 31.0 Å². The van der Waals surface area contributed by atoms with E-state index >= 15 is 0 Å². The van der Waals surface area contributed by atoms with E-state index in [0.29, 0.717) is 5.54 Å². The Kier molecular flexibility index (Phi) is 4.48.